The van der Waals surface area contributed by atoms with Crippen LogP contribution in [0.2, 0.25) is 0 Å². The second-order valence-corrected chi connectivity index (χ2v) is 15.6. The largest absolute Gasteiger partial charge is 0.480 e. The summed E-state index contributed by atoms with van der Waals surface area (Å²) < 4.78 is 32.4. The third-order valence-corrected chi connectivity index (χ3v) is 10.1. The minimum absolute atomic E-state index is 0.168. The van der Waals surface area contributed by atoms with Crippen LogP contribution in [0.15, 0.2) is 0 Å². The molecule has 51 heavy (non-hydrogen) atoms. The maximum Gasteiger partial charge on any atom is 0.472 e. The molecule has 0 heterocycles. The van der Waals surface area contributed by atoms with E-state index in [9.17, 15) is 23.8 Å². The molecule has 0 spiro atoms. The Morgan fingerprint density at radius 1 is 0.529 bits per heavy atom. The summed E-state index contributed by atoms with van der Waals surface area (Å²) in [7, 11) is -4.69. The number of unbranched alkanes of at least 4 members (excludes halogenated alkanes) is 25. The minimum atomic E-state index is -4.69. The number of hydrogen-bond donors (Lipinski definition) is 3. The lowest BCUT2D eigenvalue weighted by atomic mass is 10.0. The molecule has 0 saturated heterocycles. The number of carboxylic acids is 1. The molecule has 0 aliphatic heterocycles. The van der Waals surface area contributed by atoms with E-state index >= 15 is 0 Å². The highest BCUT2D eigenvalue weighted by Gasteiger charge is 2.28. The highest BCUT2D eigenvalue weighted by molar-refractivity contribution is 7.47. The van der Waals surface area contributed by atoms with E-state index in [1.807, 2.05) is 0 Å². The fourth-order valence-electron chi connectivity index (χ4n) is 5.83. The molecule has 0 saturated carbocycles. The number of carbonyl (C=O) groups is 3. The van der Waals surface area contributed by atoms with E-state index in [0.29, 0.717) is 12.8 Å². The van der Waals surface area contributed by atoms with E-state index in [1.165, 1.54) is 116 Å². The molecule has 12 heteroatoms. The van der Waals surface area contributed by atoms with Gasteiger partial charge in [0.25, 0.3) is 0 Å². The Hall–Kier alpha value is -1.52. The van der Waals surface area contributed by atoms with Crippen LogP contribution < -0.4 is 5.73 Å². The van der Waals surface area contributed by atoms with E-state index in [4.69, 9.17) is 24.8 Å². The van der Waals surface area contributed by atoms with Crippen LogP contribution in [0.3, 0.4) is 0 Å². The molecule has 0 fully saturated rings. The van der Waals surface area contributed by atoms with Gasteiger partial charge in [-0.15, -0.1) is 0 Å². The zero-order chi connectivity index (χ0) is 37.8. The summed E-state index contributed by atoms with van der Waals surface area (Å²) in [6.45, 7) is 2.71. The third kappa shape index (κ3) is 35.3. The van der Waals surface area contributed by atoms with Gasteiger partial charge in [-0.05, 0) is 12.8 Å². The van der Waals surface area contributed by atoms with Crippen LogP contribution >= 0.6 is 7.82 Å². The molecular formula is C39H76NO10P. The smallest absolute Gasteiger partial charge is 0.472 e. The summed E-state index contributed by atoms with van der Waals surface area (Å²) in [5.41, 5.74) is 5.30. The number of hydrogen-bond acceptors (Lipinski definition) is 9. The molecule has 0 bridgehead atoms. The van der Waals surface area contributed by atoms with E-state index in [2.05, 4.69) is 18.4 Å². The van der Waals surface area contributed by atoms with Crippen LogP contribution in [0.4, 0.5) is 0 Å². The highest BCUT2D eigenvalue weighted by atomic mass is 31.2. The number of ether oxygens (including phenoxy) is 2. The van der Waals surface area contributed by atoms with Gasteiger partial charge >= 0.3 is 25.7 Å². The van der Waals surface area contributed by atoms with Crippen LogP contribution in [0.25, 0.3) is 0 Å². The number of carbonyl (C=O) groups excluding carboxylic acids is 2. The van der Waals surface area contributed by atoms with Gasteiger partial charge in [0.1, 0.15) is 12.6 Å². The fourth-order valence-corrected chi connectivity index (χ4v) is 6.61. The van der Waals surface area contributed by atoms with Crippen molar-refractivity contribution in [3.63, 3.8) is 0 Å². The molecular weight excluding hydrogens is 673 g/mol. The number of nitrogens with two attached hydrogens (primary N) is 1. The van der Waals surface area contributed by atoms with Crippen LogP contribution in [-0.2, 0) is 37.5 Å². The molecule has 0 aromatic rings. The van der Waals surface area contributed by atoms with Crippen molar-refractivity contribution in [2.75, 3.05) is 19.8 Å². The fraction of sp³-hybridized carbons (Fsp3) is 0.923. The van der Waals surface area contributed by atoms with Crippen molar-refractivity contribution < 1.29 is 47.5 Å². The second-order valence-electron chi connectivity index (χ2n) is 14.1. The average molecular weight is 750 g/mol. The van der Waals surface area contributed by atoms with Crippen molar-refractivity contribution in [3.8, 4) is 0 Å². The van der Waals surface area contributed by atoms with Gasteiger partial charge in [0.05, 0.1) is 13.2 Å². The molecule has 3 atom stereocenters. The lowest BCUT2D eigenvalue weighted by Gasteiger charge is -2.20. The van der Waals surface area contributed by atoms with E-state index < -0.39 is 51.1 Å². The Balaban J connectivity index is 4.08. The van der Waals surface area contributed by atoms with Gasteiger partial charge in [-0.2, -0.15) is 0 Å². The number of phosphoric acid groups is 1. The van der Waals surface area contributed by atoms with E-state index in [1.54, 1.807) is 0 Å². The first-order valence-corrected chi connectivity index (χ1v) is 22.1. The van der Waals surface area contributed by atoms with Gasteiger partial charge in [0, 0.05) is 12.8 Å². The Morgan fingerprint density at radius 3 is 1.24 bits per heavy atom. The second kappa shape index (κ2) is 35.5. The standard InChI is InChI=1S/C39H76NO10P/c1-3-5-7-9-10-11-12-13-14-15-16-17-18-19-20-21-22-23-24-25-27-29-31-38(42)50-35(32-47-37(41)30-28-26-8-6-4-2)33-48-51(45,46)49-34-36(40)39(43)44/h35-36H,3-34,40H2,1-2H3,(H,43,44)(H,45,46). The van der Waals surface area contributed by atoms with Crippen LogP contribution in [0.1, 0.15) is 200 Å². The van der Waals surface area contributed by atoms with Gasteiger partial charge in [-0.1, -0.05) is 174 Å². The van der Waals surface area contributed by atoms with Crippen LogP contribution in [-0.4, -0.2) is 59.9 Å². The number of phosphoric ester groups is 1. The summed E-state index contributed by atoms with van der Waals surface area (Å²) in [5, 5.41) is 8.84. The molecule has 0 aliphatic rings. The Morgan fingerprint density at radius 2 is 0.863 bits per heavy atom. The van der Waals surface area contributed by atoms with Gasteiger partial charge in [-0.3, -0.25) is 23.4 Å². The normalized spacial score (nSPS) is 13.8. The predicted molar refractivity (Wildman–Crippen MR) is 203 cm³/mol. The molecule has 11 nitrogen and oxygen atoms in total. The van der Waals surface area contributed by atoms with Crippen LogP contribution in [0, 0.1) is 0 Å². The summed E-state index contributed by atoms with van der Waals surface area (Å²) >= 11 is 0. The molecule has 0 aromatic heterocycles. The molecule has 0 radical (unpaired) electrons. The SMILES string of the molecule is CCCCCCCCCCCCCCCCCCCCCCCCC(=O)OC(COC(=O)CCCCCCC)COP(=O)(O)OCC(N)C(=O)O. The average Bonchev–Trinajstić information content (AvgIpc) is 3.10. The zero-order valence-corrected chi connectivity index (χ0v) is 33.4. The Labute approximate surface area is 310 Å². The zero-order valence-electron chi connectivity index (χ0n) is 32.5. The van der Waals surface area contributed by atoms with Crippen molar-refractivity contribution >= 4 is 25.7 Å². The quantitative estimate of drug-likeness (QED) is 0.0310. The molecule has 0 amide bonds. The third-order valence-electron chi connectivity index (χ3n) is 9.11. The van der Waals surface area contributed by atoms with Crippen molar-refractivity contribution in [1.29, 1.82) is 0 Å². The first kappa shape index (κ1) is 49.5. The summed E-state index contributed by atoms with van der Waals surface area (Å²) in [4.78, 5) is 45.5. The molecule has 0 aromatic carbocycles. The maximum atomic E-state index is 12.5. The first-order valence-electron chi connectivity index (χ1n) is 20.6. The summed E-state index contributed by atoms with van der Waals surface area (Å²) in [6.07, 6.45) is 32.4. The number of esters is 2. The van der Waals surface area contributed by atoms with Gasteiger partial charge in [-0.25, -0.2) is 4.57 Å². The Kier molecular flexibility index (Phi) is 34.4. The molecule has 0 rings (SSSR count). The highest BCUT2D eigenvalue weighted by Crippen LogP contribution is 2.43. The number of aliphatic carboxylic acids is 1. The maximum absolute atomic E-state index is 12.5. The molecule has 0 aliphatic carbocycles. The van der Waals surface area contributed by atoms with Crippen molar-refractivity contribution in [1.82, 2.24) is 0 Å². The Bertz CT molecular complexity index is 890. The minimum Gasteiger partial charge on any atom is -0.480 e. The molecule has 3 unspecified atom stereocenters. The lowest BCUT2D eigenvalue weighted by Crippen LogP contribution is -2.34. The molecule has 4 N–H and O–H groups in total. The first-order chi connectivity index (χ1) is 24.6. The lowest BCUT2D eigenvalue weighted by molar-refractivity contribution is -0.161. The van der Waals surface area contributed by atoms with E-state index in [0.717, 1.165) is 44.9 Å². The van der Waals surface area contributed by atoms with E-state index in [-0.39, 0.29) is 19.4 Å². The van der Waals surface area contributed by atoms with Gasteiger partial charge in [0.15, 0.2) is 6.10 Å². The topological polar surface area (TPSA) is 172 Å². The number of carboxylic acid groups (broad SMARTS) is 1. The van der Waals surface area contributed by atoms with Crippen molar-refractivity contribution in [2.45, 2.75) is 212 Å². The van der Waals surface area contributed by atoms with Gasteiger partial charge in [0.2, 0.25) is 0 Å². The monoisotopic (exact) mass is 750 g/mol. The predicted octanol–water partition coefficient (Wildman–Crippen LogP) is 10.3. The molecule has 302 valence electrons. The van der Waals surface area contributed by atoms with Crippen molar-refractivity contribution in [3.05, 3.63) is 0 Å². The summed E-state index contributed by atoms with van der Waals surface area (Å²) in [5.74, 6) is -2.38. The summed E-state index contributed by atoms with van der Waals surface area (Å²) in [6, 6.07) is -1.51. The van der Waals surface area contributed by atoms with Crippen LogP contribution in [0.5, 0.6) is 0 Å². The van der Waals surface area contributed by atoms with Crippen molar-refractivity contribution in [2.24, 2.45) is 5.73 Å². The van der Waals surface area contributed by atoms with Gasteiger partial charge < -0.3 is 25.2 Å². The number of rotatable bonds is 39.